The van der Waals surface area contributed by atoms with Gasteiger partial charge < -0.3 is 0 Å². The van der Waals surface area contributed by atoms with Gasteiger partial charge in [-0.05, 0) is 0 Å². The second-order valence-corrected chi connectivity index (χ2v) is 7.72. The molecular formula is C16H38Cl2Si. The first-order valence-electron chi connectivity index (χ1n) is 8.41. The first-order valence-corrected chi connectivity index (χ1v) is 10.4. The van der Waals surface area contributed by atoms with Crippen LogP contribution in [-0.4, -0.2) is 9.52 Å². The lowest BCUT2D eigenvalue weighted by atomic mass is 10.1. The monoisotopic (exact) mass is 328 g/mol. The van der Waals surface area contributed by atoms with Crippen LogP contribution in [0.25, 0.3) is 0 Å². The van der Waals surface area contributed by atoms with E-state index in [4.69, 9.17) is 0 Å². The average molecular weight is 329 g/mol. The second-order valence-electron chi connectivity index (χ2n) is 5.60. The zero-order valence-electron chi connectivity index (χ0n) is 13.4. The molecule has 19 heavy (non-hydrogen) atoms. The van der Waals surface area contributed by atoms with Crippen LogP contribution >= 0.6 is 24.8 Å². The summed E-state index contributed by atoms with van der Waals surface area (Å²) in [5.74, 6) is 0. The van der Waals surface area contributed by atoms with E-state index in [1.165, 1.54) is 64.2 Å². The highest BCUT2D eigenvalue weighted by Crippen LogP contribution is 2.10. The highest BCUT2D eigenvalue weighted by molar-refractivity contribution is 6.35. The van der Waals surface area contributed by atoms with Crippen molar-refractivity contribution in [1.82, 2.24) is 0 Å². The number of hydrogen-bond acceptors (Lipinski definition) is 0. The molecule has 0 bridgehead atoms. The molecule has 0 aromatic rings. The van der Waals surface area contributed by atoms with Gasteiger partial charge >= 0.3 is 0 Å². The minimum absolute atomic E-state index is 0. The molecule has 0 radical (unpaired) electrons. The molecule has 0 nitrogen and oxygen atoms in total. The molecule has 0 fully saturated rings. The Labute approximate surface area is 137 Å². The summed E-state index contributed by atoms with van der Waals surface area (Å²) in [6.07, 6.45) is 17.8. The fraction of sp³-hybridized carbons (Fsp3) is 1.00. The minimum atomic E-state index is 0. The third kappa shape index (κ3) is 24.2. The van der Waals surface area contributed by atoms with E-state index in [9.17, 15) is 0 Å². The van der Waals surface area contributed by atoms with E-state index in [0.29, 0.717) is 9.52 Å². The summed E-state index contributed by atoms with van der Waals surface area (Å²) in [6.45, 7) is 4.60. The Bertz CT molecular complexity index is 118. The largest absolute Gasteiger partial charge is 0.147 e. The number of hydrogen-bond donors (Lipinski definition) is 0. The lowest BCUT2D eigenvalue weighted by Gasteiger charge is -2.02. The maximum atomic E-state index is 2.30. The van der Waals surface area contributed by atoms with Gasteiger partial charge in [-0.2, -0.15) is 0 Å². The van der Waals surface area contributed by atoms with Gasteiger partial charge in [-0.3, -0.25) is 0 Å². The fourth-order valence-corrected chi connectivity index (χ4v) is 4.21. The number of unbranched alkanes of at least 4 members (excludes halogenated alkanes) is 10. The molecule has 0 atom stereocenters. The maximum absolute atomic E-state index is 2.30. The van der Waals surface area contributed by atoms with Crippen molar-refractivity contribution >= 4 is 34.3 Å². The SMILES string of the molecule is CCCCCCCC[SiH2]CCCCCCCC.Cl.Cl. The lowest BCUT2D eigenvalue weighted by Crippen LogP contribution is -1.90. The molecule has 0 saturated carbocycles. The Kier molecular flexibility index (Phi) is 31.1. The normalized spacial score (nSPS) is 9.79. The molecule has 0 saturated heterocycles. The summed E-state index contributed by atoms with van der Waals surface area (Å²) in [5.41, 5.74) is 0. The fourth-order valence-electron chi connectivity index (χ4n) is 2.44. The summed E-state index contributed by atoms with van der Waals surface area (Å²) < 4.78 is 0. The summed E-state index contributed by atoms with van der Waals surface area (Å²) in [5, 5.41) is 0. The quantitative estimate of drug-likeness (QED) is 0.250. The van der Waals surface area contributed by atoms with Crippen LogP contribution in [0, 0.1) is 0 Å². The van der Waals surface area contributed by atoms with Crippen molar-refractivity contribution in [3.05, 3.63) is 0 Å². The van der Waals surface area contributed by atoms with Gasteiger partial charge in [0.2, 0.25) is 0 Å². The van der Waals surface area contributed by atoms with E-state index in [2.05, 4.69) is 13.8 Å². The summed E-state index contributed by atoms with van der Waals surface area (Å²) in [4.78, 5) is 0. The average Bonchev–Trinajstić information content (AvgIpc) is 2.35. The highest BCUT2D eigenvalue weighted by atomic mass is 35.5. The van der Waals surface area contributed by atoms with Crippen molar-refractivity contribution in [3.63, 3.8) is 0 Å². The smallest absolute Gasteiger partial charge is 0.0197 e. The third-order valence-corrected chi connectivity index (χ3v) is 5.71. The van der Waals surface area contributed by atoms with E-state index >= 15 is 0 Å². The Morgan fingerprint density at radius 1 is 0.474 bits per heavy atom. The molecular weight excluding hydrogens is 291 g/mol. The van der Waals surface area contributed by atoms with Crippen LogP contribution in [0.15, 0.2) is 0 Å². The zero-order chi connectivity index (χ0) is 12.6. The van der Waals surface area contributed by atoms with Crippen molar-refractivity contribution < 1.29 is 0 Å². The molecule has 0 unspecified atom stereocenters. The number of halogens is 2. The molecule has 0 aliphatic carbocycles. The Hall–Kier alpha value is 0.797. The Morgan fingerprint density at radius 2 is 0.789 bits per heavy atom. The topological polar surface area (TPSA) is 0 Å². The van der Waals surface area contributed by atoms with E-state index in [1.54, 1.807) is 24.9 Å². The van der Waals surface area contributed by atoms with Gasteiger partial charge in [0.15, 0.2) is 0 Å². The molecule has 120 valence electrons. The molecule has 0 amide bonds. The van der Waals surface area contributed by atoms with Crippen molar-refractivity contribution in [2.45, 2.75) is 103 Å². The van der Waals surface area contributed by atoms with Crippen LogP contribution in [0.2, 0.25) is 12.1 Å². The molecule has 3 heteroatoms. The molecule has 0 heterocycles. The molecule has 0 rings (SSSR count). The first kappa shape index (κ1) is 24.8. The van der Waals surface area contributed by atoms with E-state index in [0.717, 1.165) is 0 Å². The van der Waals surface area contributed by atoms with Crippen LogP contribution in [0.1, 0.15) is 90.9 Å². The molecule has 0 aromatic heterocycles. The Morgan fingerprint density at radius 3 is 1.16 bits per heavy atom. The van der Waals surface area contributed by atoms with Gasteiger partial charge in [0, 0.05) is 9.52 Å². The molecule has 0 spiro atoms. The lowest BCUT2D eigenvalue weighted by molar-refractivity contribution is 0.618. The van der Waals surface area contributed by atoms with Crippen LogP contribution < -0.4 is 0 Å². The van der Waals surface area contributed by atoms with Gasteiger partial charge in [0.1, 0.15) is 0 Å². The van der Waals surface area contributed by atoms with Gasteiger partial charge in [-0.15, -0.1) is 24.8 Å². The van der Waals surface area contributed by atoms with E-state index < -0.39 is 0 Å². The van der Waals surface area contributed by atoms with Crippen molar-refractivity contribution in [1.29, 1.82) is 0 Å². The van der Waals surface area contributed by atoms with Crippen LogP contribution in [0.3, 0.4) is 0 Å². The van der Waals surface area contributed by atoms with E-state index in [-0.39, 0.29) is 24.8 Å². The zero-order valence-corrected chi connectivity index (χ0v) is 16.5. The predicted molar refractivity (Wildman–Crippen MR) is 99.4 cm³/mol. The van der Waals surface area contributed by atoms with Crippen molar-refractivity contribution in [2.24, 2.45) is 0 Å². The van der Waals surface area contributed by atoms with Crippen LogP contribution in [0.4, 0.5) is 0 Å². The molecule has 0 aromatic carbocycles. The van der Waals surface area contributed by atoms with Crippen LogP contribution in [-0.2, 0) is 0 Å². The molecule has 0 aliphatic rings. The maximum Gasteiger partial charge on any atom is 0.0197 e. The van der Waals surface area contributed by atoms with Crippen molar-refractivity contribution in [2.75, 3.05) is 0 Å². The van der Waals surface area contributed by atoms with E-state index in [1.807, 2.05) is 0 Å². The minimum Gasteiger partial charge on any atom is -0.147 e. The second kappa shape index (κ2) is 23.9. The van der Waals surface area contributed by atoms with Crippen molar-refractivity contribution in [3.8, 4) is 0 Å². The summed E-state index contributed by atoms with van der Waals surface area (Å²) >= 11 is 0. The number of rotatable bonds is 14. The molecule has 0 aliphatic heterocycles. The Balaban J connectivity index is -0.00000128. The van der Waals surface area contributed by atoms with Gasteiger partial charge in [0.05, 0.1) is 0 Å². The summed E-state index contributed by atoms with van der Waals surface area (Å²) in [6, 6.07) is 3.25. The molecule has 0 N–H and O–H groups in total. The predicted octanol–water partition coefficient (Wildman–Crippen LogP) is 6.56. The van der Waals surface area contributed by atoms with Gasteiger partial charge in [-0.25, -0.2) is 0 Å². The van der Waals surface area contributed by atoms with Crippen LogP contribution in [0.5, 0.6) is 0 Å². The van der Waals surface area contributed by atoms with Gasteiger partial charge in [-0.1, -0.05) is 103 Å². The third-order valence-electron chi connectivity index (χ3n) is 3.71. The standard InChI is InChI=1S/C16H36Si.2ClH/c1-3-5-7-9-11-13-15-17-16-14-12-10-8-6-4-2;;/h3-17H2,1-2H3;2*1H. The summed E-state index contributed by atoms with van der Waals surface area (Å²) in [7, 11) is 0.332. The first-order chi connectivity index (χ1) is 8.41. The highest BCUT2D eigenvalue weighted by Gasteiger charge is 1.93. The van der Waals surface area contributed by atoms with Gasteiger partial charge in [0.25, 0.3) is 0 Å².